The van der Waals surface area contributed by atoms with Crippen LogP contribution in [0.3, 0.4) is 0 Å². The number of nitrogens with zero attached hydrogens (tertiary/aromatic N) is 1. The molecular weight excluding hydrogens is 311 g/mol. The number of benzene rings is 1. The maximum atomic E-state index is 6.06. The van der Waals surface area contributed by atoms with E-state index in [9.17, 15) is 0 Å². The number of pyridine rings is 1. The Labute approximate surface area is 134 Å². The molecule has 112 valence electrons. The van der Waals surface area contributed by atoms with Gasteiger partial charge in [-0.15, -0.1) is 0 Å². The molecule has 1 aromatic heterocycles. The van der Waals surface area contributed by atoms with E-state index in [0.717, 1.165) is 5.75 Å². The minimum atomic E-state index is 0.341. The van der Waals surface area contributed by atoms with Crippen LogP contribution in [0.4, 0.5) is 5.82 Å². The lowest BCUT2D eigenvalue weighted by Crippen LogP contribution is -2.11. The fourth-order valence-electron chi connectivity index (χ4n) is 1.66. The van der Waals surface area contributed by atoms with Crippen LogP contribution in [0.2, 0.25) is 10.0 Å². The number of ether oxygens (including phenoxy) is 2. The topological polar surface area (TPSA) is 43.4 Å². The number of rotatable bonds is 7. The number of para-hydroxylation sites is 1. The molecule has 1 N–H and O–H groups in total. The van der Waals surface area contributed by atoms with Crippen molar-refractivity contribution in [2.24, 2.45) is 0 Å². The highest BCUT2D eigenvalue weighted by atomic mass is 35.5. The van der Waals surface area contributed by atoms with Gasteiger partial charge in [0.05, 0.1) is 5.02 Å². The number of hydrogen-bond donors (Lipinski definition) is 1. The quantitative estimate of drug-likeness (QED) is 0.771. The summed E-state index contributed by atoms with van der Waals surface area (Å²) in [6.45, 7) is 3.42. The second-order valence-electron chi connectivity index (χ2n) is 4.15. The lowest BCUT2D eigenvalue weighted by molar-refractivity contribution is 0.212. The molecular formula is C15H16Cl2N2O2. The van der Waals surface area contributed by atoms with Crippen molar-refractivity contribution in [3.63, 3.8) is 0 Å². The first-order valence-corrected chi connectivity index (χ1v) is 7.37. The highest BCUT2D eigenvalue weighted by molar-refractivity contribution is 6.36. The average molecular weight is 327 g/mol. The Morgan fingerprint density at radius 2 is 1.76 bits per heavy atom. The Morgan fingerprint density at radius 1 is 1.05 bits per heavy atom. The van der Waals surface area contributed by atoms with E-state index < -0.39 is 0 Å². The lowest BCUT2D eigenvalue weighted by atomic mass is 10.3. The Morgan fingerprint density at radius 3 is 2.48 bits per heavy atom. The number of nitrogens with one attached hydrogen (secondary N) is 1. The van der Waals surface area contributed by atoms with Crippen molar-refractivity contribution in [2.75, 3.05) is 25.1 Å². The second-order valence-corrected chi connectivity index (χ2v) is 4.96. The number of halogens is 2. The van der Waals surface area contributed by atoms with Crippen molar-refractivity contribution in [1.82, 2.24) is 4.98 Å². The fraction of sp³-hybridized carbons (Fsp3) is 0.267. The second kappa shape index (κ2) is 7.96. The Balaban J connectivity index is 1.89. The largest absolute Gasteiger partial charge is 0.490 e. The third kappa shape index (κ3) is 4.69. The van der Waals surface area contributed by atoms with E-state index in [-0.39, 0.29) is 0 Å². The lowest BCUT2D eigenvalue weighted by Gasteiger charge is -2.11. The molecule has 0 aliphatic carbocycles. The van der Waals surface area contributed by atoms with E-state index in [1.165, 1.54) is 0 Å². The first-order chi connectivity index (χ1) is 10.2. The van der Waals surface area contributed by atoms with Gasteiger partial charge in [-0.05, 0) is 25.1 Å². The molecule has 6 heteroatoms. The normalized spacial score (nSPS) is 10.2. The zero-order valence-corrected chi connectivity index (χ0v) is 13.1. The predicted molar refractivity (Wildman–Crippen MR) is 85.9 cm³/mol. The Bertz CT molecular complexity index is 579. The van der Waals surface area contributed by atoms with Gasteiger partial charge < -0.3 is 14.8 Å². The van der Waals surface area contributed by atoms with Gasteiger partial charge in [0.15, 0.2) is 0 Å². The predicted octanol–water partition coefficient (Wildman–Crippen LogP) is 4.28. The molecule has 0 unspecified atom stereocenters. The molecule has 1 aromatic carbocycles. The summed E-state index contributed by atoms with van der Waals surface area (Å²) in [6.07, 6.45) is 0. The van der Waals surface area contributed by atoms with Crippen LogP contribution in [-0.2, 0) is 0 Å². The van der Waals surface area contributed by atoms with Crippen molar-refractivity contribution in [3.05, 3.63) is 46.4 Å². The van der Waals surface area contributed by atoms with Gasteiger partial charge in [0, 0.05) is 6.54 Å². The van der Waals surface area contributed by atoms with Gasteiger partial charge in [0.1, 0.15) is 29.8 Å². The third-order valence-electron chi connectivity index (χ3n) is 2.58. The van der Waals surface area contributed by atoms with E-state index in [1.54, 1.807) is 6.07 Å². The average Bonchev–Trinajstić information content (AvgIpc) is 2.49. The maximum absolute atomic E-state index is 6.06. The van der Waals surface area contributed by atoms with Gasteiger partial charge in [-0.2, -0.15) is 4.98 Å². The molecule has 0 aliphatic rings. The molecule has 2 aromatic rings. The molecule has 0 atom stereocenters. The van der Waals surface area contributed by atoms with Gasteiger partial charge in [-0.1, -0.05) is 41.4 Å². The Kier molecular flexibility index (Phi) is 5.96. The minimum Gasteiger partial charge on any atom is -0.490 e. The van der Waals surface area contributed by atoms with Gasteiger partial charge in [0.25, 0.3) is 0 Å². The molecule has 21 heavy (non-hydrogen) atoms. The van der Waals surface area contributed by atoms with E-state index in [2.05, 4.69) is 10.3 Å². The van der Waals surface area contributed by atoms with Crippen molar-refractivity contribution < 1.29 is 9.47 Å². The first kappa shape index (κ1) is 15.7. The van der Waals surface area contributed by atoms with Gasteiger partial charge in [0.2, 0.25) is 5.88 Å². The smallest absolute Gasteiger partial charge is 0.234 e. The SMILES string of the molecule is CCNc1nc(OCCOc2ccccc2)c(Cl)cc1Cl. The van der Waals surface area contributed by atoms with E-state index in [1.807, 2.05) is 37.3 Å². The minimum absolute atomic E-state index is 0.341. The molecule has 4 nitrogen and oxygen atoms in total. The van der Waals surface area contributed by atoms with Crippen LogP contribution in [0.15, 0.2) is 36.4 Å². The van der Waals surface area contributed by atoms with Crippen LogP contribution in [0, 0.1) is 0 Å². The zero-order valence-electron chi connectivity index (χ0n) is 11.6. The van der Waals surface area contributed by atoms with E-state index in [0.29, 0.717) is 41.5 Å². The van der Waals surface area contributed by atoms with Gasteiger partial charge >= 0.3 is 0 Å². The van der Waals surface area contributed by atoms with Crippen molar-refractivity contribution in [1.29, 1.82) is 0 Å². The van der Waals surface area contributed by atoms with Crippen LogP contribution in [0.25, 0.3) is 0 Å². The van der Waals surface area contributed by atoms with Gasteiger partial charge in [-0.3, -0.25) is 0 Å². The summed E-state index contributed by atoms with van der Waals surface area (Å²) in [5, 5.41) is 3.89. The van der Waals surface area contributed by atoms with Crippen LogP contribution in [0.1, 0.15) is 6.92 Å². The summed E-state index contributed by atoms with van der Waals surface area (Å²) in [4.78, 5) is 4.25. The van der Waals surface area contributed by atoms with Crippen molar-refractivity contribution >= 4 is 29.0 Å². The molecule has 0 spiro atoms. The summed E-state index contributed by atoms with van der Waals surface area (Å²) >= 11 is 12.1. The standard InChI is InChI=1S/C15H16Cl2N2O2/c1-2-18-14-12(16)10-13(17)15(19-14)21-9-8-20-11-6-4-3-5-7-11/h3-7,10H,2,8-9H2,1H3,(H,18,19). The van der Waals surface area contributed by atoms with Crippen LogP contribution < -0.4 is 14.8 Å². The maximum Gasteiger partial charge on any atom is 0.234 e. The van der Waals surface area contributed by atoms with Crippen LogP contribution in [-0.4, -0.2) is 24.7 Å². The molecule has 1 heterocycles. The molecule has 0 saturated heterocycles. The molecule has 0 fully saturated rings. The molecule has 0 bridgehead atoms. The zero-order chi connectivity index (χ0) is 15.1. The number of anilines is 1. The molecule has 0 radical (unpaired) electrons. The summed E-state index contributed by atoms with van der Waals surface area (Å²) < 4.78 is 11.1. The van der Waals surface area contributed by atoms with E-state index >= 15 is 0 Å². The highest BCUT2D eigenvalue weighted by Gasteiger charge is 2.10. The number of aromatic nitrogens is 1. The summed E-state index contributed by atoms with van der Waals surface area (Å²) in [5.41, 5.74) is 0. The summed E-state index contributed by atoms with van der Waals surface area (Å²) in [7, 11) is 0. The first-order valence-electron chi connectivity index (χ1n) is 6.61. The molecule has 0 aliphatic heterocycles. The number of hydrogen-bond acceptors (Lipinski definition) is 4. The van der Waals surface area contributed by atoms with Crippen molar-refractivity contribution in [2.45, 2.75) is 6.92 Å². The monoisotopic (exact) mass is 326 g/mol. The third-order valence-corrected chi connectivity index (χ3v) is 3.13. The summed E-state index contributed by atoms with van der Waals surface area (Å²) in [6, 6.07) is 11.1. The summed E-state index contributed by atoms with van der Waals surface area (Å²) in [5.74, 6) is 1.70. The Hall–Kier alpha value is -1.65. The molecule has 0 saturated carbocycles. The van der Waals surface area contributed by atoms with E-state index in [4.69, 9.17) is 32.7 Å². The highest BCUT2D eigenvalue weighted by Crippen LogP contribution is 2.30. The van der Waals surface area contributed by atoms with Crippen LogP contribution in [0.5, 0.6) is 11.6 Å². The van der Waals surface area contributed by atoms with Crippen molar-refractivity contribution in [3.8, 4) is 11.6 Å². The molecule has 0 amide bonds. The molecule has 2 rings (SSSR count). The van der Waals surface area contributed by atoms with Gasteiger partial charge in [-0.25, -0.2) is 0 Å². The van der Waals surface area contributed by atoms with Crippen LogP contribution >= 0.6 is 23.2 Å². The fourth-order valence-corrected chi connectivity index (χ4v) is 2.14.